The molecule has 0 unspecified atom stereocenters. The van der Waals surface area contributed by atoms with E-state index in [1.807, 2.05) is 49.4 Å². The fraction of sp³-hybridized carbons (Fsp3) is 0.333. The topological polar surface area (TPSA) is 47.4 Å². The second-order valence-corrected chi connectivity index (χ2v) is 7.37. The number of anilines is 1. The molecule has 3 rings (SSSR count). The molecule has 0 N–H and O–H groups in total. The summed E-state index contributed by atoms with van der Waals surface area (Å²) in [6.07, 6.45) is 0.803. The molecule has 5 nitrogen and oxygen atoms in total. The van der Waals surface area contributed by atoms with E-state index in [-0.39, 0.29) is 12.4 Å². The zero-order chi connectivity index (χ0) is 21.5. The standard InChI is InChI=1S/C24H28ClN3O2/c1-4-27(5-2)24-26-21(16-18-10-8-7-9-11-18)22(17-23(29)30-6-3)28(24)20-14-12-19(25)13-15-20/h7-15H,4-6,16-17H2,1-3H3. The molecule has 0 aliphatic rings. The Balaban J connectivity index is 2.18. The minimum Gasteiger partial charge on any atom is -0.466 e. The summed E-state index contributed by atoms with van der Waals surface area (Å²) in [6, 6.07) is 17.8. The van der Waals surface area contributed by atoms with Crippen LogP contribution in [0, 0.1) is 0 Å². The van der Waals surface area contributed by atoms with Crippen LogP contribution >= 0.6 is 11.6 Å². The van der Waals surface area contributed by atoms with Crippen LogP contribution in [0.5, 0.6) is 0 Å². The van der Waals surface area contributed by atoms with Gasteiger partial charge in [-0.2, -0.15) is 0 Å². The lowest BCUT2D eigenvalue weighted by atomic mass is 10.1. The van der Waals surface area contributed by atoms with E-state index in [0.717, 1.165) is 41.7 Å². The molecular formula is C24H28ClN3O2. The number of carbonyl (C=O) groups is 1. The molecule has 30 heavy (non-hydrogen) atoms. The van der Waals surface area contributed by atoms with Crippen LogP contribution in [-0.2, 0) is 22.4 Å². The van der Waals surface area contributed by atoms with Gasteiger partial charge in [-0.25, -0.2) is 4.98 Å². The molecule has 0 bridgehead atoms. The maximum Gasteiger partial charge on any atom is 0.311 e. The Labute approximate surface area is 183 Å². The molecule has 0 saturated carbocycles. The number of rotatable bonds is 9. The summed E-state index contributed by atoms with van der Waals surface area (Å²) < 4.78 is 7.34. The third-order valence-corrected chi connectivity index (χ3v) is 5.25. The number of aromatic nitrogens is 2. The van der Waals surface area contributed by atoms with Crippen molar-refractivity contribution >= 4 is 23.5 Å². The van der Waals surface area contributed by atoms with Crippen LogP contribution in [0.2, 0.25) is 5.02 Å². The zero-order valence-electron chi connectivity index (χ0n) is 17.8. The average Bonchev–Trinajstić information content (AvgIpc) is 3.08. The van der Waals surface area contributed by atoms with Gasteiger partial charge in [-0.05, 0) is 50.6 Å². The van der Waals surface area contributed by atoms with Crippen molar-refractivity contribution in [2.75, 3.05) is 24.6 Å². The summed E-state index contributed by atoms with van der Waals surface area (Å²) in [6.45, 7) is 8.00. The number of halogens is 1. The summed E-state index contributed by atoms with van der Waals surface area (Å²) in [5.74, 6) is 0.570. The summed E-state index contributed by atoms with van der Waals surface area (Å²) in [5.41, 5.74) is 3.80. The maximum atomic E-state index is 12.5. The quantitative estimate of drug-likeness (QED) is 0.449. The molecule has 0 amide bonds. The van der Waals surface area contributed by atoms with Crippen LogP contribution in [0.1, 0.15) is 37.7 Å². The van der Waals surface area contributed by atoms with Crippen molar-refractivity contribution in [3.05, 3.63) is 76.6 Å². The lowest BCUT2D eigenvalue weighted by Crippen LogP contribution is -2.26. The van der Waals surface area contributed by atoms with E-state index < -0.39 is 0 Å². The molecule has 0 radical (unpaired) electrons. The zero-order valence-corrected chi connectivity index (χ0v) is 18.5. The van der Waals surface area contributed by atoms with Crippen molar-refractivity contribution in [2.45, 2.75) is 33.6 Å². The van der Waals surface area contributed by atoms with Gasteiger partial charge < -0.3 is 9.64 Å². The number of esters is 1. The van der Waals surface area contributed by atoms with Crippen LogP contribution < -0.4 is 4.90 Å². The molecule has 0 fully saturated rings. The monoisotopic (exact) mass is 425 g/mol. The highest BCUT2D eigenvalue weighted by Crippen LogP contribution is 2.28. The maximum absolute atomic E-state index is 12.5. The van der Waals surface area contributed by atoms with E-state index in [2.05, 4.69) is 35.4 Å². The first kappa shape index (κ1) is 21.9. The van der Waals surface area contributed by atoms with Crippen molar-refractivity contribution in [3.63, 3.8) is 0 Å². The highest BCUT2D eigenvalue weighted by atomic mass is 35.5. The first-order valence-corrected chi connectivity index (χ1v) is 10.8. The molecule has 0 aliphatic carbocycles. The van der Waals surface area contributed by atoms with Crippen LogP contribution in [0.25, 0.3) is 5.69 Å². The smallest absolute Gasteiger partial charge is 0.311 e. The predicted octanol–water partition coefficient (Wildman–Crippen LogP) is 5.07. The molecule has 158 valence electrons. The van der Waals surface area contributed by atoms with Gasteiger partial charge in [-0.1, -0.05) is 41.9 Å². The van der Waals surface area contributed by atoms with Gasteiger partial charge in [0.05, 0.1) is 24.4 Å². The molecule has 3 aromatic rings. The third-order valence-electron chi connectivity index (χ3n) is 5.00. The Morgan fingerprint density at radius 1 is 1.03 bits per heavy atom. The largest absolute Gasteiger partial charge is 0.466 e. The number of carbonyl (C=O) groups excluding carboxylic acids is 1. The Hall–Kier alpha value is -2.79. The van der Waals surface area contributed by atoms with E-state index in [9.17, 15) is 4.79 Å². The summed E-state index contributed by atoms with van der Waals surface area (Å²) in [5, 5.41) is 0.666. The van der Waals surface area contributed by atoms with E-state index in [1.165, 1.54) is 0 Å². The van der Waals surface area contributed by atoms with E-state index >= 15 is 0 Å². The minimum absolute atomic E-state index is 0.160. The van der Waals surface area contributed by atoms with Gasteiger partial charge in [0.1, 0.15) is 0 Å². The van der Waals surface area contributed by atoms with Gasteiger partial charge in [0.25, 0.3) is 0 Å². The number of ether oxygens (including phenoxy) is 1. The lowest BCUT2D eigenvalue weighted by molar-refractivity contribution is -0.142. The van der Waals surface area contributed by atoms with Crippen LogP contribution in [0.4, 0.5) is 5.95 Å². The Bertz CT molecular complexity index is 964. The first-order valence-electron chi connectivity index (χ1n) is 10.4. The van der Waals surface area contributed by atoms with Gasteiger partial charge in [-0.3, -0.25) is 9.36 Å². The molecule has 2 aromatic carbocycles. The minimum atomic E-state index is -0.256. The normalized spacial score (nSPS) is 10.8. The number of benzene rings is 2. The summed E-state index contributed by atoms with van der Waals surface area (Å²) >= 11 is 6.12. The number of hydrogen-bond donors (Lipinski definition) is 0. The van der Waals surface area contributed by atoms with Crippen molar-refractivity contribution in [2.24, 2.45) is 0 Å². The number of nitrogens with zero attached hydrogens (tertiary/aromatic N) is 3. The summed E-state index contributed by atoms with van der Waals surface area (Å²) in [7, 11) is 0. The molecule has 0 atom stereocenters. The average molecular weight is 426 g/mol. The van der Waals surface area contributed by atoms with Gasteiger partial charge in [0.2, 0.25) is 5.95 Å². The van der Waals surface area contributed by atoms with Crippen LogP contribution in [0.15, 0.2) is 54.6 Å². The van der Waals surface area contributed by atoms with Crippen molar-refractivity contribution in [3.8, 4) is 5.69 Å². The first-order chi connectivity index (χ1) is 14.6. The molecular weight excluding hydrogens is 398 g/mol. The second kappa shape index (κ2) is 10.3. The molecule has 1 heterocycles. The molecule has 6 heteroatoms. The molecule has 1 aromatic heterocycles. The van der Waals surface area contributed by atoms with Crippen molar-refractivity contribution in [1.29, 1.82) is 0 Å². The molecule has 0 spiro atoms. The fourth-order valence-electron chi connectivity index (χ4n) is 3.53. The predicted molar refractivity (Wildman–Crippen MR) is 122 cm³/mol. The van der Waals surface area contributed by atoms with E-state index in [0.29, 0.717) is 18.1 Å². The fourth-order valence-corrected chi connectivity index (χ4v) is 3.65. The van der Waals surface area contributed by atoms with E-state index in [4.69, 9.17) is 21.3 Å². The third kappa shape index (κ3) is 5.03. The highest BCUT2D eigenvalue weighted by Gasteiger charge is 2.24. The lowest BCUT2D eigenvalue weighted by Gasteiger charge is -2.22. The van der Waals surface area contributed by atoms with Gasteiger partial charge in [0.15, 0.2) is 0 Å². The summed E-state index contributed by atoms with van der Waals surface area (Å²) in [4.78, 5) is 19.7. The van der Waals surface area contributed by atoms with Gasteiger partial charge in [-0.15, -0.1) is 0 Å². The SMILES string of the molecule is CCOC(=O)Cc1c(Cc2ccccc2)nc(N(CC)CC)n1-c1ccc(Cl)cc1. The Morgan fingerprint density at radius 3 is 2.30 bits per heavy atom. The van der Waals surface area contributed by atoms with E-state index in [1.54, 1.807) is 0 Å². The Morgan fingerprint density at radius 2 is 1.70 bits per heavy atom. The second-order valence-electron chi connectivity index (χ2n) is 6.93. The van der Waals surface area contributed by atoms with Crippen LogP contribution in [-0.4, -0.2) is 35.2 Å². The van der Waals surface area contributed by atoms with Gasteiger partial charge in [0, 0.05) is 30.2 Å². The van der Waals surface area contributed by atoms with Crippen molar-refractivity contribution in [1.82, 2.24) is 9.55 Å². The Kier molecular flexibility index (Phi) is 7.52. The van der Waals surface area contributed by atoms with Crippen molar-refractivity contribution < 1.29 is 9.53 Å². The number of imidazole rings is 1. The molecule has 0 saturated heterocycles. The van der Waals surface area contributed by atoms with Gasteiger partial charge >= 0.3 is 5.97 Å². The number of hydrogen-bond acceptors (Lipinski definition) is 4. The molecule has 0 aliphatic heterocycles. The van der Waals surface area contributed by atoms with Crippen LogP contribution in [0.3, 0.4) is 0 Å². The highest BCUT2D eigenvalue weighted by molar-refractivity contribution is 6.30.